The number of aryl methyl sites for hydroxylation is 2. The molecule has 0 atom stereocenters. The molecule has 0 aliphatic carbocycles. The van der Waals surface area contributed by atoms with E-state index in [0.29, 0.717) is 11.6 Å². The SMILES string of the molecule is CC(=O)Nc1cc(Oc2ccc3[nH]n4c3c2CCC4)ccn1. The van der Waals surface area contributed by atoms with Gasteiger partial charge in [-0.15, -0.1) is 0 Å². The van der Waals surface area contributed by atoms with Crippen LogP contribution < -0.4 is 10.1 Å². The zero-order chi connectivity index (χ0) is 15.1. The molecule has 112 valence electrons. The van der Waals surface area contributed by atoms with Crippen molar-refractivity contribution in [3.05, 3.63) is 36.0 Å². The van der Waals surface area contributed by atoms with Crippen molar-refractivity contribution in [1.29, 1.82) is 0 Å². The highest BCUT2D eigenvalue weighted by molar-refractivity contribution is 5.87. The molecule has 0 saturated carbocycles. The third kappa shape index (κ3) is 2.13. The predicted molar refractivity (Wildman–Crippen MR) is 83.2 cm³/mol. The average molecular weight is 296 g/mol. The van der Waals surface area contributed by atoms with Gasteiger partial charge < -0.3 is 10.1 Å². The van der Waals surface area contributed by atoms with Gasteiger partial charge in [-0.2, -0.15) is 0 Å². The summed E-state index contributed by atoms with van der Waals surface area (Å²) in [6.45, 7) is 2.49. The molecule has 1 amide bonds. The zero-order valence-electron chi connectivity index (χ0n) is 12.2. The van der Waals surface area contributed by atoms with Gasteiger partial charge in [0.1, 0.15) is 17.3 Å². The lowest BCUT2D eigenvalue weighted by Crippen LogP contribution is -2.18. The van der Waals surface area contributed by atoms with Gasteiger partial charge in [0, 0.05) is 31.3 Å². The second-order valence-electron chi connectivity index (χ2n) is 5.47. The third-order valence-corrected chi connectivity index (χ3v) is 3.84. The molecule has 22 heavy (non-hydrogen) atoms. The van der Waals surface area contributed by atoms with Crippen molar-refractivity contribution in [3.8, 4) is 11.5 Å². The number of benzene rings is 1. The summed E-state index contributed by atoms with van der Waals surface area (Å²) in [6.07, 6.45) is 3.74. The molecule has 1 aromatic carbocycles. The molecule has 6 nitrogen and oxygen atoms in total. The topological polar surface area (TPSA) is 71.9 Å². The first kappa shape index (κ1) is 12.9. The molecule has 6 heteroatoms. The first-order valence-corrected chi connectivity index (χ1v) is 7.32. The van der Waals surface area contributed by atoms with E-state index in [1.54, 1.807) is 18.3 Å². The van der Waals surface area contributed by atoms with Crippen molar-refractivity contribution in [2.45, 2.75) is 26.3 Å². The van der Waals surface area contributed by atoms with E-state index in [2.05, 4.69) is 20.1 Å². The molecule has 3 heterocycles. The summed E-state index contributed by atoms with van der Waals surface area (Å²) in [5, 5.41) is 5.97. The van der Waals surface area contributed by atoms with Crippen LogP contribution in [0.1, 0.15) is 18.9 Å². The number of H-pyrrole nitrogens is 1. The van der Waals surface area contributed by atoms with E-state index < -0.39 is 0 Å². The lowest BCUT2D eigenvalue weighted by atomic mass is 10.0. The molecule has 0 fully saturated rings. The molecule has 2 N–H and O–H groups in total. The van der Waals surface area contributed by atoms with E-state index in [4.69, 9.17) is 4.74 Å². The summed E-state index contributed by atoms with van der Waals surface area (Å²) in [6, 6.07) is 7.54. The minimum atomic E-state index is -0.150. The normalized spacial score (nSPS) is 13.3. The number of nitrogens with zero attached hydrogens (tertiary/aromatic N) is 2. The van der Waals surface area contributed by atoms with Crippen molar-refractivity contribution in [3.63, 3.8) is 0 Å². The standard InChI is InChI=1S/C16H16N4O2/c1-10(21)18-15-9-11(6-7-17-15)22-14-5-4-13-16-12(14)3-2-8-20(16)19-13/h4-7,9,19H,2-3,8H2,1H3,(H,17,18,21). The smallest absolute Gasteiger partial charge is 0.222 e. The first-order chi connectivity index (χ1) is 10.7. The van der Waals surface area contributed by atoms with Crippen molar-refractivity contribution in [1.82, 2.24) is 14.8 Å². The Balaban J connectivity index is 1.67. The van der Waals surface area contributed by atoms with Gasteiger partial charge in [0.15, 0.2) is 0 Å². The van der Waals surface area contributed by atoms with E-state index in [1.807, 2.05) is 12.1 Å². The van der Waals surface area contributed by atoms with Gasteiger partial charge in [0.25, 0.3) is 0 Å². The van der Waals surface area contributed by atoms with Crippen LogP contribution in [-0.2, 0) is 17.8 Å². The van der Waals surface area contributed by atoms with Crippen LogP contribution in [0.2, 0.25) is 0 Å². The number of hydrogen-bond donors (Lipinski definition) is 2. The highest BCUT2D eigenvalue weighted by atomic mass is 16.5. The Hall–Kier alpha value is -2.76. The van der Waals surface area contributed by atoms with Gasteiger partial charge in [0.2, 0.25) is 5.91 Å². The van der Waals surface area contributed by atoms with Crippen LogP contribution in [0.5, 0.6) is 11.5 Å². The monoisotopic (exact) mass is 296 g/mol. The number of aromatic amines is 1. The Labute approximate surface area is 127 Å². The number of aromatic nitrogens is 3. The second-order valence-corrected chi connectivity index (χ2v) is 5.47. The summed E-state index contributed by atoms with van der Waals surface area (Å²) in [7, 11) is 0. The van der Waals surface area contributed by atoms with E-state index in [0.717, 1.165) is 30.7 Å². The number of nitrogens with one attached hydrogen (secondary N) is 2. The number of amides is 1. The van der Waals surface area contributed by atoms with Gasteiger partial charge in [-0.05, 0) is 31.0 Å². The number of rotatable bonds is 3. The largest absolute Gasteiger partial charge is 0.457 e. The molecule has 4 rings (SSSR count). The number of hydrogen-bond acceptors (Lipinski definition) is 3. The van der Waals surface area contributed by atoms with Gasteiger partial charge >= 0.3 is 0 Å². The molecule has 0 unspecified atom stereocenters. The van der Waals surface area contributed by atoms with E-state index >= 15 is 0 Å². The molecule has 0 bridgehead atoms. The van der Waals surface area contributed by atoms with E-state index in [-0.39, 0.29) is 5.91 Å². The fraction of sp³-hybridized carbons (Fsp3) is 0.250. The number of ether oxygens (including phenoxy) is 1. The van der Waals surface area contributed by atoms with Crippen molar-refractivity contribution >= 4 is 22.8 Å². The van der Waals surface area contributed by atoms with Crippen LogP contribution in [0.4, 0.5) is 5.82 Å². The lowest BCUT2D eigenvalue weighted by Gasteiger charge is -2.26. The number of carbonyl (C=O) groups excluding carboxylic acids is 1. The maximum absolute atomic E-state index is 11.1. The third-order valence-electron chi connectivity index (χ3n) is 3.84. The fourth-order valence-electron chi connectivity index (χ4n) is 2.93. The molecule has 0 radical (unpaired) electrons. The highest BCUT2D eigenvalue weighted by Gasteiger charge is 2.19. The Kier molecular flexibility index (Phi) is 2.89. The van der Waals surface area contributed by atoms with Crippen molar-refractivity contribution in [2.75, 3.05) is 5.32 Å². The first-order valence-electron chi connectivity index (χ1n) is 7.32. The predicted octanol–water partition coefficient (Wildman–Crippen LogP) is 3.06. The Morgan fingerprint density at radius 1 is 1.41 bits per heavy atom. The Bertz CT molecular complexity index is 862. The van der Waals surface area contributed by atoms with E-state index in [1.165, 1.54) is 18.0 Å². The molecule has 3 aromatic rings. The molecular formula is C16H16N4O2. The van der Waals surface area contributed by atoms with Crippen LogP contribution in [0.15, 0.2) is 30.5 Å². The summed E-state index contributed by atoms with van der Waals surface area (Å²) >= 11 is 0. The summed E-state index contributed by atoms with van der Waals surface area (Å²) in [5.41, 5.74) is 3.65. The minimum Gasteiger partial charge on any atom is -0.457 e. The highest BCUT2D eigenvalue weighted by Crippen LogP contribution is 2.35. The van der Waals surface area contributed by atoms with Gasteiger partial charge in [-0.3, -0.25) is 14.6 Å². The summed E-state index contributed by atoms with van der Waals surface area (Å²) in [4.78, 5) is 15.2. The van der Waals surface area contributed by atoms with Crippen LogP contribution in [0.25, 0.3) is 11.0 Å². The van der Waals surface area contributed by atoms with Crippen molar-refractivity contribution in [2.24, 2.45) is 0 Å². The molecule has 2 aromatic heterocycles. The van der Waals surface area contributed by atoms with Gasteiger partial charge in [-0.1, -0.05) is 0 Å². The van der Waals surface area contributed by atoms with Gasteiger partial charge in [0.05, 0.1) is 11.0 Å². The fourth-order valence-corrected chi connectivity index (χ4v) is 2.93. The minimum absolute atomic E-state index is 0.150. The van der Waals surface area contributed by atoms with E-state index in [9.17, 15) is 4.79 Å². The number of carbonyl (C=O) groups is 1. The lowest BCUT2D eigenvalue weighted by molar-refractivity contribution is -0.114. The van der Waals surface area contributed by atoms with Crippen LogP contribution in [0.3, 0.4) is 0 Å². The molecular weight excluding hydrogens is 280 g/mol. The Morgan fingerprint density at radius 2 is 2.32 bits per heavy atom. The zero-order valence-corrected chi connectivity index (χ0v) is 12.2. The number of pyridine rings is 1. The molecule has 0 spiro atoms. The van der Waals surface area contributed by atoms with Crippen LogP contribution >= 0.6 is 0 Å². The van der Waals surface area contributed by atoms with Crippen LogP contribution in [0, 0.1) is 0 Å². The van der Waals surface area contributed by atoms with Gasteiger partial charge in [-0.25, -0.2) is 4.98 Å². The molecule has 1 aliphatic heterocycles. The van der Waals surface area contributed by atoms with Crippen molar-refractivity contribution < 1.29 is 9.53 Å². The average Bonchev–Trinajstić information content (AvgIpc) is 2.46. The summed E-state index contributed by atoms with van der Waals surface area (Å²) in [5.74, 6) is 1.87. The van der Waals surface area contributed by atoms with Crippen LogP contribution in [-0.4, -0.2) is 20.7 Å². The maximum atomic E-state index is 11.1. The quantitative estimate of drug-likeness (QED) is 0.780. The molecule has 0 saturated heterocycles. The summed E-state index contributed by atoms with van der Waals surface area (Å²) < 4.78 is 8.19. The second kappa shape index (κ2) is 4.91. The molecule has 1 aliphatic rings. The number of anilines is 1. The Morgan fingerprint density at radius 3 is 3.18 bits per heavy atom. The maximum Gasteiger partial charge on any atom is 0.222 e.